The Hall–Kier alpha value is -2.02. The van der Waals surface area contributed by atoms with Gasteiger partial charge in [-0.2, -0.15) is 10.1 Å². The maximum Gasteiger partial charge on any atom is 0.267 e. The van der Waals surface area contributed by atoms with Gasteiger partial charge in [0.05, 0.1) is 12.2 Å². The van der Waals surface area contributed by atoms with Gasteiger partial charge in [-0.15, -0.1) is 0 Å². The van der Waals surface area contributed by atoms with Crippen LogP contribution in [0.5, 0.6) is 0 Å². The van der Waals surface area contributed by atoms with E-state index in [-0.39, 0.29) is 5.56 Å². The van der Waals surface area contributed by atoms with Crippen molar-refractivity contribution in [2.75, 3.05) is 13.1 Å². The van der Waals surface area contributed by atoms with E-state index in [9.17, 15) is 4.79 Å². The normalized spacial score (nSPS) is 19.3. The van der Waals surface area contributed by atoms with Crippen molar-refractivity contribution in [1.82, 2.24) is 24.8 Å². The largest absolute Gasteiger partial charge is 0.338 e. The van der Waals surface area contributed by atoms with Crippen molar-refractivity contribution in [2.45, 2.75) is 51.6 Å². The van der Waals surface area contributed by atoms with Crippen molar-refractivity contribution in [3.63, 3.8) is 0 Å². The molecule has 2 aromatic rings. The minimum atomic E-state index is 0.0592. The summed E-state index contributed by atoms with van der Waals surface area (Å²) in [5.74, 6) is 1.18. The highest BCUT2D eigenvalue weighted by atomic mass is 16.5. The number of likely N-dealkylation sites (tertiary alicyclic amines) is 1. The molecule has 128 valence electrons. The molecule has 0 bridgehead atoms. The second-order valence-corrected chi connectivity index (χ2v) is 6.90. The molecular weight excluding hydrogens is 306 g/mol. The van der Waals surface area contributed by atoms with Gasteiger partial charge in [0.2, 0.25) is 5.89 Å². The van der Waals surface area contributed by atoms with Gasteiger partial charge in [-0.05, 0) is 63.1 Å². The van der Waals surface area contributed by atoms with Crippen LogP contribution in [-0.2, 0) is 25.9 Å². The van der Waals surface area contributed by atoms with Crippen LogP contribution in [0, 0.1) is 5.92 Å². The van der Waals surface area contributed by atoms with Gasteiger partial charge in [-0.1, -0.05) is 5.16 Å². The van der Waals surface area contributed by atoms with Gasteiger partial charge in [0.25, 0.3) is 5.56 Å². The zero-order valence-electron chi connectivity index (χ0n) is 13.9. The van der Waals surface area contributed by atoms with Crippen LogP contribution in [0.4, 0.5) is 0 Å². The molecule has 0 amide bonds. The molecule has 4 rings (SSSR count). The summed E-state index contributed by atoms with van der Waals surface area (Å²) < 4.78 is 6.77. The average Bonchev–Trinajstić information content (AvgIpc) is 3.10. The summed E-state index contributed by atoms with van der Waals surface area (Å²) >= 11 is 0. The number of hydrogen-bond acceptors (Lipinski definition) is 6. The standard InChI is InChI=1S/C17H23N5O2/c23-17-9-14-3-1-2-4-15(14)20-22(17)10-13-5-7-21(8-6-13)11-16-18-12-19-24-16/h9,12-13H,1-8,10-11H2. The predicted molar refractivity (Wildman–Crippen MR) is 87.4 cm³/mol. The van der Waals surface area contributed by atoms with Crippen molar-refractivity contribution in [3.05, 3.63) is 39.9 Å². The van der Waals surface area contributed by atoms with E-state index < -0.39 is 0 Å². The van der Waals surface area contributed by atoms with Crippen molar-refractivity contribution < 1.29 is 4.52 Å². The number of nitrogens with zero attached hydrogens (tertiary/aromatic N) is 5. The third-order valence-corrected chi connectivity index (χ3v) is 5.18. The summed E-state index contributed by atoms with van der Waals surface area (Å²) in [5, 5.41) is 8.29. The number of hydrogen-bond donors (Lipinski definition) is 0. The molecule has 0 aromatic carbocycles. The van der Waals surface area contributed by atoms with Gasteiger partial charge in [0.15, 0.2) is 6.33 Å². The molecule has 0 radical (unpaired) electrons. The van der Waals surface area contributed by atoms with Crippen molar-refractivity contribution in [3.8, 4) is 0 Å². The van der Waals surface area contributed by atoms with Crippen molar-refractivity contribution in [1.29, 1.82) is 0 Å². The molecule has 1 saturated heterocycles. The molecule has 1 aliphatic heterocycles. The monoisotopic (exact) mass is 329 g/mol. The third-order valence-electron chi connectivity index (χ3n) is 5.18. The Labute approximate surface area is 140 Å². The van der Waals surface area contributed by atoms with Gasteiger partial charge in [0, 0.05) is 12.6 Å². The third kappa shape index (κ3) is 3.40. The Morgan fingerprint density at radius 2 is 2.04 bits per heavy atom. The predicted octanol–water partition coefficient (Wildman–Crippen LogP) is 1.42. The Bertz CT molecular complexity index is 732. The maximum absolute atomic E-state index is 12.3. The van der Waals surface area contributed by atoms with E-state index in [4.69, 9.17) is 4.52 Å². The van der Waals surface area contributed by atoms with Crippen LogP contribution in [0.2, 0.25) is 0 Å². The second kappa shape index (κ2) is 6.84. The van der Waals surface area contributed by atoms with Crippen LogP contribution in [0.3, 0.4) is 0 Å². The number of fused-ring (bicyclic) bond motifs is 1. The smallest absolute Gasteiger partial charge is 0.267 e. The maximum atomic E-state index is 12.3. The highest BCUT2D eigenvalue weighted by Gasteiger charge is 2.22. The van der Waals surface area contributed by atoms with Crippen LogP contribution < -0.4 is 5.56 Å². The fourth-order valence-corrected chi connectivity index (χ4v) is 3.76. The van der Waals surface area contributed by atoms with E-state index in [1.807, 2.05) is 6.07 Å². The topological polar surface area (TPSA) is 77.1 Å². The first-order valence-corrected chi connectivity index (χ1v) is 8.86. The SMILES string of the molecule is O=c1cc2c(nn1CC1CCN(Cc3ncno3)CC1)CCCC2. The van der Waals surface area contributed by atoms with E-state index >= 15 is 0 Å². The highest BCUT2D eigenvalue weighted by molar-refractivity contribution is 5.20. The molecule has 0 saturated carbocycles. The van der Waals surface area contributed by atoms with Gasteiger partial charge in [-0.3, -0.25) is 9.69 Å². The first-order chi connectivity index (χ1) is 11.8. The molecule has 0 atom stereocenters. The lowest BCUT2D eigenvalue weighted by Gasteiger charge is -2.31. The summed E-state index contributed by atoms with van der Waals surface area (Å²) in [4.78, 5) is 18.7. The molecule has 3 heterocycles. The summed E-state index contributed by atoms with van der Waals surface area (Å²) in [5.41, 5.74) is 2.36. The summed E-state index contributed by atoms with van der Waals surface area (Å²) in [7, 11) is 0. The van der Waals surface area contributed by atoms with Gasteiger partial charge in [0.1, 0.15) is 0 Å². The van der Waals surface area contributed by atoms with Crippen LogP contribution in [-0.4, -0.2) is 37.9 Å². The zero-order valence-corrected chi connectivity index (χ0v) is 13.9. The van der Waals surface area contributed by atoms with Crippen LogP contribution in [0.25, 0.3) is 0 Å². The molecule has 1 aliphatic carbocycles. The molecule has 7 heteroatoms. The fourth-order valence-electron chi connectivity index (χ4n) is 3.76. The molecule has 1 fully saturated rings. The van der Waals surface area contributed by atoms with Crippen LogP contribution >= 0.6 is 0 Å². The molecule has 7 nitrogen and oxygen atoms in total. The molecule has 0 N–H and O–H groups in total. The Balaban J connectivity index is 1.36. The Morgan fingerprint density at radius 3 is 2.83 bits per heavy atom. The molecule has 24 heavy (non-hydrogen) atoms. The van der Waals surface area contributed by atoms with Gasteiger partial charge in [-0.25, -0.2) is 4.68 Å². The lowest BCUT2D eigenvalue weighted by molar-refractivity contribution is 0.148. The minimum Gasteiger partial charge on any atom is -0.338 e. The summed E-state index contributed by atoms with van der Waals surface area (Å²) in [6.45, 7) is 3.43. The van der Waals surface area contributed by atoms with Gasteiger partial charge < -0.3 is 4.52 Å². The number of aromatic nitrogens is 4. The zero-order chi connectivity index (χ0) is 16.4. The second-order valence-electron chi connectivity index (χ2n) is 6.90. The molecular formula is C17H23N5O2. The first-order valence-electron chi connectivity index (χ1n) is 8.86. The lowest BCUT2D eigenvalue weighted by Crippen LogP contribution is -2.37. The van der Waals surface area contributed by atoms with E-state index in [2.05, 4.69) is 20.1 Å². The highest BCUT2D eigenvalue weighted by Crippen LogP contribution is 2.21. The fraction of sp³-hybridized carbons (Fsp3) is 0.647. The van der Waals surface area contributed by atoms with Gasteiger partial charge >= 0.3 is 0 Å². The van der Waals surface area contributed by atoms with Crippen LogP contribution in [0.15, 0.2) is 21.7 Å². The minimum absolute atomic E-state index is 0.0592. The molecule has 0 unspecified atom stereocenters. The Morgan fingerprint density at radius 1 is 1.21 bits per heavy atom. The van der Waals surface area contributed by atoms with E-state index in [1.165, 1.54) is 19.2 Å². The first kappa shape index (κ1) is 15.5. The van der Waals surface area contributed by atoms with Crippen molar-refractivity contribution in [2.24, 2.45) is 5.92 Å². The summed E-state index contributed by atoms with van der Waals surface area (Å²) in [6, 6.07) is 1.81. The molecule has 2 aliphatic rings. The van der Waals surface area contributed by atoms with Crippen LogP contribution in [0.1, 0.15) is 42.8 Å². The average molecular weight is 329 g/mol. The number of aryl methyl sites for hydroxylation is 2. The van der Waals surface area contributed by atoms with E-state index in [1.54, 1.807) is 4.68 Å². The van der Waals surface area contributed by atoms with E-state index in [0.29, 0.717) is 18.4 Å². The number of piperidine rings is 1. The molecule has 2 aromatic heterocycles. The Kier molecular flexibility index (Phi) is 4.42. The quantitative estimate of drug-likeness (QED) is 0.844. The van der Waals surface area contributed by atoms with E-state index in [0.717, 1.165) is 56.6 Å². The molecule has 0 spiro atoms. The number of rotatable bonds is 4. The summed E-state index contributed by atoms with van der Waals surface area (Å²) in [6.07, 6.45) is 7.96. The lowest BCUT2D eigenvalue weighted by atomic mass is 9.96. The van der Waals surface area contributed by atoms with Crippen molar-refractivity contribution >= 4 is 0 Å².